The molecular formula is C31H33N3O3. The molecule has 0 radical (unpaired) electrons. The maximum absolute atomic E-state index is 11.1. The Morgan fingerprint density at radius 1 is 0.946 bits per heavy atom. The molecule has 0 saturated heterocycles. The Bertz CT molecular complexity index is 1410. The number of fused-ring (bicyclic) bond motifs is 1. The molecule has 1 aromatic heterocycles. The minimum atomic E-state index is 0.0588. The van der Waals surface area contributed by atoms with Gasteiger partial charge in [-0.15, -0.1) is 0 Å². The molecule has 0 saturated carbocycles. The molecule has 0 unspecified atom stereocenters. The van der Waals surface area contributed by atoms with Crippen LogP contribution in [0.5, 0.6) is 17.4 Å². The van der Waals surface area contributed by atoms with Gasteiger partial charge in [0.2, 0.25) is 0 Å². The van der Waals surface area contributed by atoms with Gasteiger partial charge in [0.15, 0.2) is 17.4 Å². The Balaban J connectivity index is 1.57. The lowest BCUT2D eigenvalue weighted by Gasteiger charge is -2.22. The Hall–Kier alpha value is -4.03. The Morgan fingerprint density at radius 3 is 2.35 bits per heavy atom. The quantitative estimate of drug-likeness (QED) is 0.203. The van der Waals surface area contributed by atoms with Crippen LogP contribution in [0.1, 0.15) is 37.0 Å². The summed E-state index contributed by atoms with van der Waals surface area (Å²) >= 11 is 0. The fraction of sp³-hybridized carbons (Fsp3) is 0.258. The zero-order valence-corrected chi connectivity index (χ0v) is 21.4. The summed E-state index contributed by atoms with van der Waals surface area (Å²) in [6.07, 6.45) is 5.58. The standard InChI is InChI=1S/C31H33N3O3/c1-3-36-27-19-25-26(20-28(27)37-4-2)33-31(35)29(25)30(23-11-7-5-8-12-23)32-24-15-13-22(14-16-24)21-34-17-9-6-10-18-34/h5-9,11-16,19-20,33,35H,3-4,10,17-18,21H2,1-2H3. The first-order chi connectivity index (χ1) is 18.2. The molecule has 0 spiro atoms. The molecule has 190 valence electrons. The molecule has 0 aliphatic carbocycles. The van der Waals surface area contributed by atoms with Crippen LogP contribution < -0.4 is 9.47 Å². The summed E-state index contributed by atoms with van der Waals surface area (Å²) in [5, 5.41) is 11.9. The number of ether oxygens (including phenoxy) is 2. The molecule has 6 heteroatoms. The Labute approximate surface area is 217 Å². The summed E-state index contributed by atoms with van der Waals surface area (Å²) in [5.41, 5.74) is 5.07. The molecule has 1 aliphatic rings. The number of aliphatic imine (C=N–C) groups is 1. The number of aromatic hydroxyl groups is 1. The second-order valence-corrected chi connectivity index (χ2v) is 9.05. The van der Waals surface area contributed by atoms with Crippen molar-refractivity contribution in [1.82, 2.24) is 9.88 Å². The van der Waals surface area contributed by atoms with Crippen molar-refractivity contribution in [3.05, 3.63) is 95.6 Å². The monoisotopic (exact) mass is 495 g/mol. The van der Waals surface area contributed by atoms with Crippen molar-refractivity contribution in [3.63, 3.8) is 0 Å². The van der Waals surface area contributed by atoms with Gasteiger partial charge in [0.1, 0.15) is 0 Å². The van der Waals surface area contributed by atoms with Crippen LogP contribution in [0.3, 0.4) is 0 Å². The Kier molecular flexibility index (Phi) is 7.57. The number of aromatic amines is 1. The fourth-order valence-electron chi connectivity index (χ4n) is 4.72. The van der Waals surface area contributed by atoms with Crippen LogP contribution in [-0.4, -0.2) is 47.0 Å². The Morgan fingerprint density at radius 2 is 1.68 bits per heavy atom. The van der Waals surface area contributed by atoms with Crippen LogP contribution in [0, 0.1) is 0 Å². The first-order valence-corrected chi connectivity index (χ1v) is 12.9. The van der Waals surface area contributed by atoms with E-state index in [4.69, 9.17) is 14.5 Å². The minimum absolute atomic E-state index is 0.0588. The molecule has 0 fully saturated rings. The van der Waals surface area contributed by atoms with E-state index in [1.54, 1.807) is 0 Å². The van der Waals surface area contributed by atoms with E-state index in [1.165, 1.54) is 5.56 Å². The SMILES string of the molecule is CCOc1cc2[nH]c(O)c(C(=Nc3ccc(CN4CC=CCC4)cc3)c3ccccc3)c2cc1OCC. The van der Waals surface area contributed by atoms with E-state index in [0.717, 1.165) is 48.2 Å². The van der Waals surface area contributed by atoms with E-state index in [2.05, 4.69) is 34.2 Å². The predicted octanol–water partition coefficient (Wildman–Crippen LogP) is 6.60. The molecule has 4 aromatic rings. The van der Waals surface area contributed by atoms with E-state index in [0.29, 0.717) is 36.0 Å². The third-order valence-corrected chi connectivity index (χ3v) is 6.45. The molecule has 2 N–H and O–H groups in total. The maximum Gasteiger partial charge on any atom is 0.199 e. The highest BCUT2D eigenvalue weighted by molar-refractivity contribution is 6.22. The molecule has 0 bridgehead atoms. The number of nitrogens with zero attached hydrogens (tertiary/aromatic N) is 2. The lowest BCUT2D eigenvalue weighted by molar-refractivity contribution is 0.288. The van der Waals surface area contributed by atoms with Crippen molar-refractivity contribution in [2.45, 2.75) is 26.8 Å². The molecule has 0 atom stereocenters. The third-order valence-electron chi connectivity index (χ3n) is 6.45. The van der Waals surface area contributed by atoms with Gasteiger partial charge in [-0.3, -0.25) is 4.90 Å². The smallest absolute Gasteiger partial charge is 0.199 e. The molecule has 2 heterocycles. The summed E-state index contributed by atoms with van der Waals surface area (Å²) in [6.45, 7) is 7.91. The van der Waals surface area contributed by atoms with Gasteiger partial charge in [0, 0.05) is 36.7 Å². The van der Waals surface area contributed by atoms with Crippen LogP contribution in [0.4, 0.5) is 5.69 Å². The highest BCUT2D eigenvalue weighted by atomic mass is 16.5. The first kappa shape index (κ1) is 24.7. The number of H-pyrrole nitrogens is 1. The molecule has 1 aliphatic heterocycles. The van der Waals surface area contributed by atoms with Crippen LogP contribution in [0.15, 0.2) is 83.9 Å². The minimum Gasteiger partial charge on any atom is -0.494 e. The van der Waals surface area contributed by atoms with E-state index in [9.17, 15) is 5.11 Å². The number of nitrogens with one attached hydrogen (secondary N) is 1. The largest absolute Gasteiger partial charge is 0.494 e. The zero-order valence-electron chi connectivity index (χ0n) is 21.4. The second kappa shape index (κ2) is 11.4. The van der Waals surface area contributed by atoms with Gasteiger partial charge in [-0.25, -0.2) is 4.99 Å². The highest BCUT2D eigenvalue weighted by Crippen LogP contribution is 2.38. The molecule has 0 amide bonds. The van der Waals surface area contributed by atoms with E-state index in [1.807, 2.05) is 68.4 Å². The van der Waals surface area contributed by atoms with E-state index >= 15 is 0 Å². The summed E-state index contributed by atoms with van der Waals surface area (Å²) in [4.78, 5) is 10.6. The maximum atomic E-state index is 11.1. The molecule has 6 nitrogen and oxygen atoms in total. The van der Waals surface area contributed by atoms with Gasteiger partial charge < -0.3 is 19.6 Å². The number of hydrogen-bond donors (Lipinski definition) is 2. The topological polar surface area (TPSA) is 70.1 Å². The van der Waals surface area contributed by atoms with Crippen LogP contribution in [0.25, 0.3) is 10.9 Å². The molecule has 5 rings (SSSR count). The third kappa shape index (κ3) is 5.54. The number of rotatable bonds is 9. The molecule has 3 aromatic carbocycles. The first-order valence-electron chi connectivity index (χ1n) is 12.9. The van der Waals surface area contributed by atoms with Crippen LogP contribution in [-0.2, 0) is 6.54 Å². The normalized spacial score (nSPS) is 14.3. The lowest BCUT2D eigenvalue weighted by Crippen LogP contribution is -2.26. The van der Waals surface area contributed by atoms with Crippen molar-refractivity contribution in [3.8, 4) is 17.4 Å². The van der Waals surface area contributed by atoms with Gasteiger partial charge in [0.05, 0.1) is 35.7 Å². The van der Waals surface area contributed by atoms with Gasteiger partial charge in [-0.05, 0) is 44.0 Å². The fourth-order valence-corrected chi connectivity index (χ4v) is 4.72. The van der Waals surface area contributed by atoms with Gasteiger partial charge in [0.25, 0.3) is 0 Å². The predicted molar refractivity (Wildman–Crippen MR) is 150 cm³/mol. The van der Waals surface area contributed by atoms with E-state index < -0.39 is 0 Å². The van der Waals surface area contributed by atoms with Crippen molar-refractivity contribution < 1.29 is 14.6 Å². The van der Waals surface area contributed by atoms with Crippen molar-refractivity contribution in [2.75, 3.05) is 26.3 Å². The zero-order chi connectivity index (χ0) is 25.6. The average molecular weight is 496 g/mol. The van der Waals surface area contributed by atoms with Crippen LogP contribution >= 0.6 is 0 Å². The van der Waals surface area contributed by atoms with Crippen molar-refractivity contribution in [1.29, 1.82) is 0 Å². The molecular weight excluding hydrogens is 462 g/mol. The summed E-state index contributed by atoms with van der Waals surface area (Å²) in [5.74, 6) is 1.34. The average Bonchev–Trinajstić information content (AvgIpc) is 3.24. The summed E-state index contributed by atoms with van der Waals surface area (Å²) in [6, 6.07) is 22.1. The highest BCUT2D eigenvalue weighted by Gasteiger charge is 2.21. The molecule has 37 heavy (non-hydrogen) atoms. The second-order valence-electron chi connectivity index (χ2n) is 9.05. The summed E-state index contributed by atoms with van der Waals surface area (Å²) < 4.78 is 11.7. The van der Waals surface area contributed by atoms with Crippen molar-refractivity contribution in [2.24, 2.45) is 4.99 Å². The lowest BCUT2D eigenvalue weighted by atomic mass is 10.0. The number of benzene rings is 3. The van der Waals surface area contributed by atoms with Crippen LogP contribution in [0.2, 0.25) is 0 Å². The van der Waals surface area contributed by atoms with Gasteiger partial charge >= 0.3 is 0 Å². The number of aromatic nitrogens is 1. The van der Waals surface area contributed by atoms with Gasteiger partial charge in [-0.1, -0.05) is 54.6 Å². The van der Waals surface area contributed by atoms with Gasteiger partial charge in [-0.2, -0.15) is 0 Å². The van der Waals surface area contributed by atoms with E-state index in [-0.39, 0.29) is 5.88 Å². The van der Waals surface area contributed by atoms with Crippen molar-refractivity contribution >= 4 is 22.3 Å². The number of hydrogen-bond acceptors (Lipinski definition) is 5. The summed E-state index contributed by atoms with van der Waals surface area (Å²) in [7, 11) is 0.